The zero-order chi connectivity index (χ0) is 35.9. The number of carbonyl (C=O) groups excluding carboxylic acids is 1. The van der Waals surface area contributed by atoms with Gasteiger partial charge in [0.15, 0.2) is 9.84 Å². The number of nitrogens with zero attached hydrogens (tertiary/aromatic N) is 1. The Morgan fingerprint density at radius 1 is 0.880 bits per heavy atom. The largest absolute Gasteiger partial charge is 0.478 e. The molecule has 0 aromatic heterocycles. The molecule has 1 aromatic carbocycles. The van der Waals surface area contributed by atoms with Crippen molar-refractivity contribution < 1.29 is 23.1 Å². The molecule has 5 fully saturated rings. The van der Waals surface area contributed by atoms with E-state index in [1.807, 2.05) is 12.1 Å². The third-order valence-corrected chi connectivity index (χ3v) is 17.8. The van der Waals surface area contributed by atoms with Crippen molar-refractivity contribution in [1.82, 2.24) is 15.5 Å². The molecule has 3 N–H and O–H groups in total. The fourth-order valence-electron chi connectivity index (χ4n) is 13.6. The van der Waals surface area contributed by atoms with Crippen LogP contribution in [-0.2, 0) is 14.6 Å². The Kier molecular flexibility index (Phi) is 8.99. The second-order valence-corrected chi connectivity index (χ2v) is 20.8. The van der Waals surface area contributed by atoms with Crippen molar-refractivity contribution in [2.75, 3.05) is 37.7 Å². The standard InChI is InChI=1S/C41H61N3O5S/c1-27(45)43-32-14-18-41(42-21-22-44-23-25-50(48,49)26-24-44)20-19-39(5)31(35(32)41)11-12-34-38(4)16-13-30(28-7-9-29(10-8-28)36(46)47)37(2,3)33(38)15-17-40(34,39)6/h7-10,13,31-35,42H,11-12,14-26H2,1-6H3,(H,43,45)(H,46,47)/t31-,32-,33+,34-,35+,38+,39-,40-,41+/m1/s1. The Hall–Kier alpha value is -2.23. The molecule has 1 heterocycles. The van der Waals surface area contributed by atoms with Gasteiger partial charge in [-0.25, -0.2) is 13.2 Å². The third kappa shape index (κ3) is 5.62. The first kappa shape index (κ1) is 36.1. The van der Waals surface area contributed by atoms with Gasteiger partial charge in [-0.2, -0.15) is 0 Å². The number of aromatic carboxylic acids is 1. The van der Waals surface area contributed by atoms with Gasteiger partial charge in [0.05, 0.1) is 17.1 Å². The summed E-state index contributed by atoms with van der Waals surface area (Å²) in [6, 6.07) is 7.69. The van der Waals surface area contributed by atoms with E-state index >= 15 is 0 Å². The molecule has 1 aliphatic heterocycles. The van der Waals surface area contributed by atoms with Gasteiger partial charge in [-0.05, 0) is 120 Å². The molecule has 4 saturated carbocycles. The van der Waals surface area contributed by atoms with Gasteiger partial charge < -0.3 is 20.6 Å². The molecule has 9 atom stereocenters. The average Bonchev–Trinajstić information content (AvgIpc) is 3.39. The van der Waals surface area contributed by atoms with Crippen molar-refractivity contribution in [3.63, 3.8) is 0 Å². The number of benzene rings is 1. The summed E-state index contributed by atoms with van der Waals surface area (Å²) in [5, 5.41) is 17.0. The smallest absolute Gasteiger partial charge is 0.335 e. The maximum Gasteiger partial charge on any atom is 0.335 e. The van der Waals surface area contributed by atoms with E-state index in [1.54, 1.807) is 19.1 Å². The summed E-state index contributed by atoms with van der Waals surface area (Å²) in [7, 11) is -2.89. The number of allylic oxidation sites excluding steroid dienone is 2. The zero-order valence-corrected chi connectivity index (χ0v) is 32.1. The Labute approximate surface area is 300 Å². The van der Waals surface area contributed by atoms with Gasteiger partial charge in [-0.15, -0.1) is 0 Å². The number of carboxylic acid groups (broad SMARTS) is 1. The topological polar surface area (TPSA) is 116 Å². The van der Waals surface area contributed by atoms with Crippen molar-refractivity contribution in [2.24, 2.45) is 45.3 Å². The van der Waals surface area contributed by atoms with Crippen LogP contribution in [0.5, 0.6) is 0 Å². The van der Waals surface area contributed by atoms with Crippen LogP contribution in [0.25, 0.3) is 5.57 Å². The highest BCUT2D eigenvalue weighted by atomic mass is 32.2. The molecule has 0 bridgehead atoms. The average molecular weight is 708 g/mol. The van der Waals surface area contributed by atoms with Crippen molar-refractivity contribution >= 4 is 27.3 Å². The number of nitrogens with one attached hydrogen (secondary N) is 2. The number of rotatable bonds is 7. The molecule has 0 spiro atoms. The lowest BCUT2D eigenvalue weighted by molar-refractivity contribution is -0.218. The summed E-state index contributed by atoms with van der Waals surface area (Å²) in [5.74, 6) is 1.78. The van der Waals surface area contributed by atoms with Crippen LogP contribution in [0.15, 0.2) is 30.3 Å². The summed E-state index contributed by atoms with van der Waals surface area (Å²) in [5.41, 5.74) is 3.37. The number of fused-ring (bicyclic) bond motifs is 7. The molecule has 0 unspecified atom stereocenters. The number of sulfone groups is 1. The SMILES string of the molecule is CC(=O)N[C@@H]1CC[C@]2(NCCN3CCS(=O)(=O)CC3)CC[C@]3(C)[C@H](CC[C@@H]4[C@@]5(C)CC=C(c6ccc(C(=O)O)cc6)C(C)(C)[C@@H]5CC[C@]43C)[C@@H]12. The van der Waals surface area contributed by atoms with E-state index in [0.717, 1.165) is 44.3 Å². The van der Waals surface area contributed by atoms with Gasteiger partial charge in [0.2, 0.25) is 5.91 Å². The van der Waals surface area contributed by atoms with Gasteiger partial charge in [-0.3, -0.25) is 4.79 Å². The van der Waals surface area contributed by atoms with Crippen LogP contribution in [0.3, 0.4) is 0 Å². The maximum absolute atomic E-state index is 12.6. The lowest BCUT2D eigenvalue weighted by atomic mass is 9.33. The van der Waals surface area contributed by atoms with Crippen LogP contribution in [0.4, 0.5) is 0 Å². The molecule has 1 amide bonds. The molecule has 9 heteroatoms. The van der Waals surface area contributed by atoms with Gasteiger partial charge in [0.25, 0.3) is 0 Å². The minimum atomic E-state index is -2.89. The Morgan fingerprint density at radius 2 is 1.58 bits per heavy atom. The first-order valence-corrected chi connectivity index (χ1v) is 21.3. The summed E-state index contributed by atoms with van der Waals surface area (Å²) in [6.45, 7) is 17.4. The molecule has 50 heavy (non-hydrogen) atoms. The number of amides is 1. The van der Waals surface area contributed by atoms with E-state index in [1.165, 1.54) is 37.7 Å². The number of hydrogen-bond acceptors (Lipinski definition) is 6. The van der Waals surface area contributed by atoms with Gasteiger partial charge >= 0.3 is 5.97 Å². The van der Waals surface area contributed by atoms with E-state index in [0.29, 0.717) is 42.3 Å². The molecular weight excluding hydrogens is 647 g/mol. The van der Waals surface area contributed by atoms with E-state index in [4.69, 9.17) is 0 Å². The quantitative estimate of drug-likeness (QED) is 0.300. The molecule has 1 saturated heterocycles. The Morgan fingerprint density at radius 3 is 2.24 bits per heavy atom. The van der Waals surface area contributed by atoms with E-state index in [9.17, 15) is 23.1 Å². The Balaban J connectivity index is 1.15. The predicted octanol–water partition coefficient (Wildman–Crippen LogP) is 6.42. The third-order valence-electron chi connectivity index (χ3n) is 16.2. The second-order valence-electron chi connectivity index (χ2n) is 18.5. The first-order valence-electron chi connectivity index (χ1n) is 19.5. The zero-order valence-electron chi connectivity index (χ0n) is 31.3. The number of carbonyl (C=O) groups is 2. The van der Waals surface area contributed by atoms with Crippen molar-refractivity contribution in [2.45, 2.75) is 111 Å². The lowest BCUT2D eigenvalue weighted by Crippen LogP contribution is -2.69. The highest BCUT2D eigenvalue weighted by molar-refractivity contribution is 7.91. The molecule has 276 valence electrons. The van der Waals surface area contributed by atoms with Gasteiger partial charge in [0, 0.05) is 50.6 Å². The highest BCUT2D eigenvalue weighted by Gasteiger charge is 2.70. The summed E-state index contributed by atoms with van der Waals surface area (Å²) >= 11 is 0. The van der Waals surface area contributed by atoms with Crippen LogP contribution in [0, 0.1) is 45.3 Å². The maximum atomic E-state index is 12.6. The molecule has 0 radical (unpaired) electrons. The number of hydrogen-bond donors (Lipinski definition) is 3. The van der Waals surface area contributed by atoms with E-state index in [-0.39, 0.29) is 50.7 Å². The van der Waals surface area contributed by atoms with Gasteiger partial charge in [-0.1, -0.05) is 52.8 Å². The predicted molar refractivity (Wildman–Crippen MR) is 198 cm³/mol. The van der Waals surface area contributed by atoms with Crippen molar-refractivity contribution in [3.8, 4) is 0 Å². The molecular formula is C41H61N3O5S. The molecule has 1 aromatic rings. The molecule has 6 aliphatic rings. The monoisotopic (exact) mass is 707 g/mol. The van der Waals surface area contributed by atoms with Crippen LogP contribution >= 0.6 is 0 Å². The van der Waals surface area contributed by atoms with Crippen LogP contribution in [0.2, 0.25) is 0 Å². The van der Waals surface area contributed by atoms with Crippen molar-refractivity contribution in [1.29, 1.82) is 0 Å². The molecule has 5 aliphatic carbocycles. The highest BCUT2D eigenvalue weighted by Crippen LogP contribution is 2.76. The fraction of sp³-hybridized carbons (Fsp3) is 0.756. The van der Waals surface area contributed by atoms with E-state index in [2.05, 4.69) is 56.2 Å². The van der Waals surface area contributed by atoms with Crippen LogP contribution in [-0.4, -0.2) is 79.6 Å². The van der Waals surface area contributed by atoms with Crippen LogP contribution in [0.1, 0.15) is 115 Å². The summed E-state index contributed by atoms with van der Waals surface area (Å²) < 4.78 is 24.0. The molecule has 8 nitrogen and oxygen atoms in total. The van der Waals surface area contributed by atoms with Crippen LogP contribution < -0.4 is 10.6 Å². The van der Waals surface area contributed by atoms with Gasteiger partial charge in [0.1, 0.15) is 0 Å². The Bertz CT molecular complexity index is 1640. The fourth-order valence-corrected chi connectivity index (χ4v) is 14.9. The van der Waals surface area contributed by atoms with Crippen molar-refractivity contribution in [3.05, 3.63) is 41.5 Å². The number of carboxylic acids is 1. The molecule has 7 rings (SSSR count). The normalized spacial score (nSPS) is 41.9. The lowest BCUT2D eigenvalue weighted by Gasteiger charge is -2.72. The summed E-state index contributed by atoms with van der Waals surface area (Å²) in [4.78, 5) is 26.4. The first-order chi connectivity index (χ1) is 23.5. The second kappa shape index (κ2) is 12.4. The minimum absolute atomic E-state index is 0.00408. The minimum Gasteiger partial charge on any atom is -0.478 e. The van der Waals surface area contributed by atoms with E-state index < -0.39 is 15.8 Å². The summed E-state index contributed by atoms with van der Waals surface area (Å²) in [6.07, 6.45) is 12.8.